The maximum absolute atomic E-state index is 5.27. The number of hydrogen-bond acceptors (Lipinski definition) is 2. The predicted molar refractivity (Wildman–Crippen MR) is 106 cm³/mol. The highest BCUT2D eigenvalue weighted by Gasteiger charge is 2.33. The standard InChI is InChI=1S/C17H24N4O.HI/c1-17(11-22-12-17)10-21-16(18-2)19-8-7-13-9-20-15-6-4-3-5-14(13)15;/h3-6,9,20H,7-8,10-12H2,1-2H3,(H2,18,19,21);1H. The number of aromatic nitrogens is 1. The molecule has 0 unspecified atom stereocenters. The van der Waals surface area contributed by atoms with E-state index in [0.717, 1.165) is 38.7 Å². The fourth-order valence-corrected chi connectivity index (χ4v) is 2.72. The third-order valence-corrected chi connectivity index (χ3v) is 4.17. The van der Waals surface area contributed by atoms with Gasteiger partial charge < -0.3 is 20.4 Å². The van der Waals surface area contributed by atoms with Gasteiger partial charge in [0, 0.05) is 42.7 Å². The molecule has 0 spiro atoms. The van der Waals surface area contributed by atoms with Crippen molar-refractivity contribution in [2.45, 2.75) is 13.3 Å². The van der Waals surface area contributed by atoms with Crippen LogP contribution in [0.2, 0.25) is 0 Å². The summed E-state index contributed by atoms with van der Waals surface area (Å²) in [6, 6.07) is 8.39. The van der Waals surface area contributed by atoms with Crippen molar-refractivity contribution in [3.63, 3.8) is 0 Å². The molecule has 23 heavy (non-hydrogen) atoms. The maximum Gasteiger partial charge on any atom is 0.191 e. The van der Waals surface area contributed by atoms with Crippen molar-refractivity contribution in [1.82, 2.24) is 15.6 Å². The summed E-state index contributed by atoms with van der Waals surface area (Å²) in [4.78, 5) is 7.59. The average Bonchev–Trinajstić information content (AvgIpc) is 2.92. The fourth-order valence-electron chi connectivity index (χ4n) is 2.72. The number of ether oxygens (including phenoxy) is 1. The number of nitrogens with one attached hydrogen (secondary N) is 3. The van der Waals surface area contributed by atoms with Crippen LogP contribution >= 0.6 is 24.0 Å². The Bertz CT molecular complexity index is 663. The quantitative estimate of drug-likeness (QED) is 0.390. The van der Waals surface area contributed by atoms with Crippen LogP contribution in [0.4, 0.5) is 0 Å². The molecule has 0 saturated carbocycles. The van der Waals surface area contributed by atoms with E-state index < -0.39 is 0 Å². The lowest BCUT2D eigenvalue weighted by atomic mass is 9.89. The molecule has 0 aliphatic carbocycles. The van der Waals surface area contributed by atoms with Gasteiger partial charge in [0.1, 0.15) is 0 Å². The van der Waals surface area contributed by atoms with Crippen molar-refractivity contribution in [2.24, 2.45) is 10.4 Å². The van der Waals surface area contributed by atoms with Gasteiger partial charge in [-0.1, -0.05) is 25.1 Å². The van der Waals surface area contributed by atoms with E-state index in [9.17, 15) is 0 Å². The van der Waals surface area contributed by atoms with Crippen LogP contribution in [-0.4, -0.2) is 44.3 Å². The molecule has 1 aromatic heterocycles. The summed E-state index contributed by atoms with van der Waals surface area (Å²) in [5.41, 5.74) is 2.77. The van der Waals surface area contributed by atoms with Gasteiger partial charge in [-0.05, 0) is 18.1 Å². The second-order valence-corrected chi connectivity index (χ2v) is 6.27. The molecule has 1 fully saturated rings. The largest absolute Gasteiger partial charge is 0.380 e. The molecule has 5 nitrogen and oxygen atoms in total. The van der Waals surface area contributed by atoms with Gasteiger partial charge in [0.2, 0.25) is 0 Å². The van der Waals surface area contributed by atoms with Crippen molar-refractivity contribution < 1.29 is 4.74 Å². The lowest BCUT2D eigenvalue weighted by Gasteiger charge is -2.38. The molecule has 0 radical (unpaired) electrons. The number of benzene rings is 1. The molecule has 3 N–H and O–H groups in total. The van der Waals surface area contributed by atoms with Crippen molar-refractivity contribution in [1.29, 1.82) is 0 Å². The Morgan fingerprint density at radius 3 is 2.78 bits per heavy atom. The minimum atomic E-state index is 0. The molecule has 1 aliphatic rings. The summed E-state index contributed by atoms with van der Waals surface area (Å²) in [5.74, 6) is 0.855. The molecule has 3 rings (SSSR count). The Hall–Kier alpha value is -1.28. The van der Waals surface area contributed by atoms with Crippen LogP contribution in [0.25, 0.3) is 10.9 Å². The van der Waals surface area contributed by atoms with Crippen LogP contribution in [-0.2, 0) is 11.2 Å². The molecule has 6 heteroatoms. The van der Waals surface area contributed by atoms with Crippen LogP contribution < -0.4 is 10.6 Å². The number of guanidine groups is 1. The first-order valence-electron chi connectivity index (χ1n) is 7.77. The number of rotatable bonds is 5. The number of fused-ring (bicyclic) bond motifs is 1. The molecular formula is C17H25IN4O. The van der Waals surface area contributed by atoms with Gasteiger partial charge in [-0.2, -0.15) is 0 Å². The molecule has 0 atom stereocenters. The van der Waals surface area contributed by atoms with Gasteiger partial charge in [-0.15, -0.1) is 24.0 Å². The van der Waals surface area contributed by atoms with E-state index in [1.54, 1.807) is 7.05 Å². The third-order valence-electron chi connectivity index (χ3n) is 4.17. The number of aromatic amines is 1. The van der Waals surface area contributed by atoms with Gasteiger partial charge in [0.15, 0.2) is 5.96 Å². The summed E-state index contributed by atoms with van der Waals surface area (Å²) < 4.78 is 5.27. The molecule has 1 aromatic carbocycles. The highest BCUT2D eigenvalue weighted by atomic mass is 127. The van der Waals surface area contributed by atoms with Crippen LogP contribution in [0.5, 0.6) is 0 Å². The van der Waals surface area contributed by atoms with E-state index in [1.165, 1.54) is 16.5 Å². The fraction of sp³-hybridized carbons (Fsp3) is 0.471. The topological polar surface area (TPSA) is 61.4 Å². The predicted octanol–water partition coefficient (Wildman–Crippen LogP) is 2.53. The molecular weight excluding hydrogens is 403 g/mol. The lowest BCUT2D eigenvalue weighted by Crippen LogP contribution is -2.51. The number of H-pyrrole nitrogens is 1. The normalized spacial score (nSPS) is 16.5. The van der Waals surface area contributed by atoms with E-state index in [2.05, 4.69) is 58.0 Å². The molecule has 1 saturated heterocycles. The van der Waals surface area contributed by atoms with Gasteiger partial charge in [-0.3, -0.25) is 4.99 Å². The maximum atomic E-state index is 5.27. The zero-order chi connectivity index (χ0) is 15.4. The minimum absolute atomic E-state index is 0. The second kappa shape index (κ2) is 8.01. The monoisotopic (exact) mass is 428 g/mol. The SMILES string of the molecule is CN=C(NCCc1c[nH]c2ccccc12)NCC1(C)COC1.I. The Kier molecular flexibility index (Phi) is 6.29. The van der Waals surface area contributed by atoms with Crippen molar-refractivity contribution in [3.05, 3.63) is 36.0 Å². The first-order valence-corrected chi connectivity index (χ1v) is 7.77. The van der Waals surface area contributed by atoms with Crippen LogP contribution in [0.15, 0.2) is 35.5 Å². The number of halogens is 1. The van der Waals surface area contributed by atoms with Crippen LogP contribution in [0.3, 0.4) is 0 Å². The third kappa shape index (κ3) is 4.38. The van der Waals surface area contributed by atoms with Gasteiger partial charge in [0.25, 0.3) is 0 Å². The molecule has 2 aromatic rings. The summed E-state index contributed by atoms with van der Waals surface area (Å²) in [7, 11) is 1.81. The summed E-state index contributed by atoms with van der Waals surface area (Å²) in [6.45, 7) is 5.62. The Morgan fingerprint density at radius 1 is 1.30 bits per heavy atom. The Labute approximate surface area is 154 Å². The summed E-state index contributed by atoms with van der Waals surface area (Å²) in [6.07, 6.45) is 3.06. The van der Waals surface area contributed by atoms with Crippen molar-refractivity contribution in [3.8, 4) is 0 Å². The Balaban J connectivity index is 0.00000192. The minimum Gasteiger partial charge on any atom is -0.380 e. The zero-order valence-electron chi connectivity index (χ0n) is 13.7. The van der Waals surface area contributed by atoms with Crippen LogP contribution in [0.1, 0.15) is 12.5 Å². The van der Waals surface area contributed by atoms with Crippen LogP contribution in [0, 0.1) is 5.41 Å². The van der Waals surface area contributed by atoms with Gasteiger partial charge in [0.05, 0.1) is 13.2 Å². The number of para-hydroxylation sites is 1. The molecule has 0 bridgehead atoms. The van der Waals surface area contributed by atoms with Crippen molar-refractivity contribution >= 4 is 40.8 Å². The molecule has 1 aliphatic heterocycles. The summed E-state index contributed by atoms with van der Waals surface area (Å²) >= 11 is 0. The Morgan fingerprint density at radius 2 is 2.09 bits per heavy atom. The van der Waals surface area contributed by atoms with Gasteiger partial charge >= 0.3 is 0 Å². The van der Waals surface area contributed by atoms with Crippen molar-refractivity contribution in [2.75, 3.05) is 33.4 Å². The van der Waals surface area contributed by atoms with E-state index in [1.807, 2.05) is 0 Å². The van der Waals surface area contributed by atoms with Gasteiger partial charge in [-0.25, -0.2) is 0 Å². The lowest BCUT2D eigenvalue weighted by molar-refractivity contribution is -0.0971. The molecule has 2 heterocycles. The van der Waals surface area contributed by atoms with E-state index in [0.29, 0.717) is 0 Å². The summed E-state index contributed by atoms with van der Waals surface area (Å²) in [5, 5.41) is 8.06. The number of hydrogen-bond donors (Lipinski definition) is 3. The first-order chi connectivity index (χ1) is 10.7. The van der Waals surface area contributed by atoms with E-state index >= 15 is 0 Å². The highest BCUT2D eigenvalue weighted by Crippen LogP contribution is 2.24. The first kappa shape index (κ1) is 18.1. The zero-order valence-corrected chi connectivity index (χ0v) is 16.0. The average molecular weight is 428 g/mol. The smallest absolute Gasteiger partial charge is 0.191 e. The van der Waals surface area contributed by atoms with E-state index in [4.69, 9.17) is 4.74 Å². The second-order valence-electron chi connectivity index (χ2n) is 6.27. The number of aliphatic imine (C=N–C) groups is 1. The molecule has 126 valence electrons. The van der Waals surface area contributed by atoms with E-state index in [-0.39, 0.29) is 29.4 Å². The number of nitrogens with zero attached hydrogens (tertiary/aromatic N) is 1. The highest BCUT2D eigenvalue weighted by molar-refractivity contribution is 14.0. The molecule has 0 amide bonds.